The zero-order valence-electron chi connectivity index (χ0n) is 21.2. The fraction of sp³-hybridized carbons (Fsp3) is 0.0714. The highest BCUT2D eigenvalue weighted by Gasteiger charge is 2.23. The number of hydrogen-bond donors (Lipinski definition) is 2. The van der Waals surface area contributed by atoms with Gasteiger partial charge in [-0.1, -0.05) is 24.3 Å². The number of nitrogens with one attached hydrogen (secondary N) is 2. The van der Waals surface area contributed by atoms with Crippen molar-refractivity contribution in [3.8, 4) is 5.82 Å². The van der Waals surface area contributed by atoms with Crippen LogP contribution in [-0.4, -0.2) is 32.9 Å². The van der Waals surface area contributed by atoms with Crippen LogP contribution in [0, 0.1) is 25.5 Å². The third-order valence-corrected chi connectivity index (χ3v) is 7.89. The molecule has 0 unspecified atom stereocenters. The van der Waals surface area contributed by atoms with Crippen molar-refractivity contribution in [1.29, 1.82) is 0 Å². The number of sulfonamides is 1. The van der Waals surface area contributed by atoms with Gasteiger partial charge in [0, 0.05) is 0 Å². The van der Waals surface area contributed by atoms with Crippen LogP contribution in [0.2, 0.25) is 0 Å². The maximum atomic E-state index is 15.6. The molecule has 3 aromatic carbocycles. The number of benzene rings is 3. The Morgan fingerprint density at radius 2 is 1.70 bits per heavy atom. The summed E-state index contributed by atoms with van der Waals surface area (Å²) in [5, 5.41) is 2.66. The molecule has 6 rings (SSSR count). The van der Waals surface area contributed by atoms with Crippen LogP contribution in [0.5, 0.6) is 0 Å². The summed E-state index contributed by atoms with van der Waals surface area (Å²) in [4.78, 5) is 17.4. The molecule has 0 saturated carbocycles. The minimum Gasteiger partial charge on any atom is -0.333 e. The molecule has 3 aromatic heterocycles. The monoisotopic (exact) mass is 557 g/mol. The number of hydrogen-bond acceptors (Lipinski definition) is 7. The van der Waals surface area contributed by atoms with Gasteiger partial charge < -0.3 is 5.32 Å². The molecule has 3 heterocycles. The van der Waals surface area contributed by atoms with Crippen LogP contribution < -0.4 is 10.0 Å². The smallest absolute Gasteiger partial charge is 0.262 e. The largest absolute Gasteiger partial charge is 0.333 e. The number of imidazole rings is 1. The van der Waals surface area contributed by atoms with E-state index in [1.54, 1.807) is 49.0 Å². The third kappa shape index (κ3) is 4.47. The lowest BCUT2D eigenvalue weighted by molar-refractivity contribution is 0.588. The van der Waals surface area contributed by atoms with E-state index in [2.05, 4.69) is 30.0 Å². The number of aromatic nitrogens is 5. The van der Waals surface area contributed by atoms with Crippen molar-refractivity contribution in [2.45, 2.75) is 18.7 Å². The Morgan fingerprint density at radius 3 is 2.55 bits per heavy atom. The number of halogens is 2. The maximum absolute atomic E-state index is 15.6. The highest BCUT2D eigenvalue weighted by atomic mass is 32.2. The Balaban J connectivity index is 1.39. The average Bonchev–Trinajstić information content (AvgIpc) is 3.38. The molecule has 0 saturated heterocycles. The molecule has 0 spiro atoms. The molecule has 12 heteroatoms. The van der Waals surface area contributed by atoms with Crippen LogP contribution in [0.15, 0.2) is 84.3 Å². The van der Waals surface area contributed by atoms with Crippen molar-refractivity contribution in [3.05, 3.63) is 102 Å². The van der Waals surface area contributed by atoms with E-state index in [-0.39, 0.29) is 16.2 Å². The molecule has 0 atom stereocenters. The summed E-state index contributed by atoms with van der Waals surface area (Å²) in [5.74, 6) is -1.56. The Hall–Kier alpha value is -4.97. The standard InChI is InChI=1S/C28H21F2N7O2S/c1-16-7-8-17(2)23(13-16)40(38,39)36-20-10-9-18(29)26(25(20)30)35-28-27-21(31-14-32-28)11-12-24(34-27)37-15-33-19-5-3-4-6-22(19)37/h3-15,36H,1-2H3,(H,31,32,35). The van der Waals surface area contributed by atoms with E-state index in [0.29, 0.717) is 16.9 Å². The topological polar surface area (TPSA) is 115 Å². The average molecular weight is 558 g/mol. The van der Waals surface area contributed by atoms with E-state index in [1.165, 1.54) is 12.4 Å². The third-order valence-electron chi connectivity index (χ3n) is 6.38. The van der Waals surface area contributed by atoms with E-state index in [9.17, 15) is 12.8 Å². The highest BCUT2D eigenvalue weighted by Crippen LogP contribution is 2.32. The van der Waals surface area contributed by atoms with Crippen molar-refractivity contribution in [1.82, 2.24) is 24.5 Å². The van der Waals surface area contributed by atoms with E-state index >= 15 is 4.39 Å². The van der Waals surface area contributed by atoms with Gasteiger partial charge in [0.15, 0.2) is 11.6 Å². The lowest BCUT2D eigenvalue weighted by atomic mass is 10.2. The van der Waals surface area contributed by atoms with Gasteiger partial charge in [-0.3, -0.25) is 9.29 Å². The summed E-state index contributed by atoms with van der Waals surface area (Å²) < 4.78 is 60.7. The van der Waals surface area contributed by atoms with Crippen molar-refractivity contribution in [2.75, 3.05) is 10.0 Å². The van der Waals surface area contributed by atoms with Gasteiger partial charge in [0.25, 0.3) is 10.0 Å². The highest BCUT2D eigenvalue weighted by molar-refractivity contribution is 7.92. The van der Waals surface area contributed by atoms with Crippen LogP contribution in [0.25, 0.3) is 27.9 Å². The minimum atomic E-state index is -4.16. The molecule has 200 valence electrons. The van der Waals surface area contributed by atoms with Crippen LogP contribution in [0.1, 0.15) is 11.1 Å². The second-order valence-corrected chi connectivity index (χ2v) is 10.8. The first kappa shape index (κ1) is 25.3. The van der Waals surface area contributed by atoms with Crippen LogP contribution in [0.3, 0.4) is 0 Å². The van der Waals surface area contributed by atoms with Gasteiger partial charge in [-0.25, -0.2) is 37.1 Å². The van der Waals surface area contributed by atoms with Gasteiger partial charge in [0.05, 0.1) is 27.1 Å². The van der Waals surface area contributed by atoms with Gasteiger partial charge in [-0.2, -0.15) is 0 Å². The normalized spacial score (nSPS) is 11.7. The first-order valence-corrected chi connectivity index (χ1v) is 13.6. The summed E-state index contributed by atoms with van der Waals surface area (Å²) in [5.41, 5.74) is 2.45. The Morgan fingerprint density at radius 1 is 0.875 bits per heavy atom. The molecule has 0 aliphatic heterocycles. The molecular weight excluding hydrogens is 536 g/mol. The Bertz CT molecular complexity index is 2040. The number of aryl methyl sites for hydroxylation is 2. The Kier molecular flexibility index (Phi) is 6.11. The van der Waals surface area contributed by atoms with E-state index in [0.717, 1.165) is 28.7 Å². The zero-order chi connectivity index (χ0) is 28.0. The van der Waals surface area contributed by atoms with Crippen molar-refractivity contribution in [3.63, 3.8) is 0 Å². The summed E-state index contributed by atoms with van der Waals surface area (Å²) in [7, 11) is -4.16. The molecule has 6 aromatic rings. The molecule has 9 nitrogen and oxygen atoms in total. The zero-order valence-corrected chi connectivity index (χ0v) is 22.0. The fourth-order valence-corrected chi connectivity index (χ4v) is 5.75. The number of pyridine rings is 1. The predicted molar refractivity (Wildman–Crippen MR) is 148 cm³/mol. The SMILES string of the molecule is Cc1ccc(C)c(S(=O)(=O)Nc2ccc(F)c(Nc3ncnc4ccc(-n5cnc6ccccc65)nc34)c2F)c1. The van der Waals surface area contributed by atoms with Crippen molar-refractivity contribution >= 4 is 49.3 Å². The lowest BCUT2D eigenvalue weighted by Gasteiger charge is -2.15. The number of nitrogens with zero attached hydrogens (tertiary/aromatic N) is 5. The van der Waals surface area contributed by atoms with E-state index in [4.69, 9.17) is 0 Å². The second-order valence-electron chi connectivity index (χ2n) is 9.15. The first-order chi connectivity index (χ1) is 19.2. The van der Waals surface area contributed by atoms with Crippen molar-refractivity contribution < 1.29 is 17.2 Å². The van der Waals surface area contributed by atoms with Gasteiger partial charge in [0.1, 0.15) is 35.5 Å². The molecule has 0 aliphatic carbocycles. The van der Waals surface area contributed by atoms with Gasteiger partial charge in [-0.15, -0.1) is 0 Å². The molecule has 0 amide bonds. The first-order valence-electron chi connectivity index (χ1n) is 12.1. The van der Waals surface area contributed by atoms with Gasteiger partial charge >= 0.3 is 0 Å². The van der Waals surface area contributed by atoms with Gasteiger partial charge in [0.2, 0.25) is 0 Å². The second kappa shape index (κ2) is 9.65. The number of para-hydroxylation sites is 2. The molecule has 2 N–H and O–H groups in total. The molecule has 0 fully saturated rings. The van der Waals surface area contributed by atoms with Gasteiger partial charge in [-0.05, 0) is 67.4 Å². The fourth-order valence-electron chi connectivity index (χ4n) is 4.36. The predicted octanol–water partition coefficient (Wildman–Crippen LogP) is 5.80. The number of fused-ring (bicyclic) bond motifs is 2. The molecule has 0 radical (unpaired) electrons. The summed E-state index contributed by atoms with van der Waals surface area (Å²) in [6, 6.07) is 17.9. The van der Waals surface area contributed by atoms with Crippen LogP contribution in [0.4, 0.5) is 26.0 Å². The summed E-state index contributed by atoms with van der Waals surface area (Å²) >= 11 is 0. The maximum Gasteiger partial charge on any atom is 0.262 e. The summed E-state index contributed by atoms with van der Waals surface area (Å²) in [6.45, 7) is 3.38. The number of rotatable bonds is 6. The van der Waals surface area contributed by atoms with Crippen molar-refractivity contribution in [2.24, 2.45) is 0 Å². The molecular formula is C28H21F2N7O2S. The molecule has 0 aliphatic rings. The lowest BCUT2D eigenvalue weighted by Crippen LogP contribution is -2.16. The van der Waals surface area contributed by atoms with Crippen LogP contribution >= 0.6 is 0 Å². The summed E-state index contributed by atoms with van der Waals surface area (Å²) in [6.07, 6.45) is 2.86. The van der Waals surface area contributed by atoms with E-state index in [1.807, 2.05) is 24.3 Å². The van der Waals surface area contributed by atoms with Crippen LogP contribution in [-0.2, 0) is 10.0 Å². The molecule has 0 bridgehead atoms. The number of anilines is 3. The molecule has 40 heavy (non-hydrogen) atoms. The Labute approximate surface area is 227 Å². The quantitative estimate of drug-likeness (QED) is 0.266. The minimum absolute atomic E-state index is 0.00344. The van der Waals surface area contributed by atoms with E-state index < -0.39 is 33.0 Å².